The zero-order valence-corrected chi connectivity index (χ0v) is 19.1. The molecule has 1 aromatic rings. The fraction of sp³-hybridized carbons (Fsp3) is 0.542. The monoisotopic (exact) mass is 430 g/mol. The number of benzene rings is 1. The lowest BCUT2D eigenvalue weighted by Gasteiger charge is -2.38. The number of amides is 2. The highest BCUT2D eigenvalue weighted by atomic mass is 16.5. The van der Waals surface area contributed by atoms with Gasteiger partial charge in [-0.15, -0.1) is 0 Å². The van der Waals surface area contributed by atoms with Gasteiger partial charge in [-0.1, -0.05) is 12.2 Å². The molecule has 2 atom stereocenters. The van der Waals surface area contributed by atoms with Gasteiger partial charge < -0.3 is 19.3 Å². The number of carbonyl (C=O) groups is 3. The molecule has 7 heteroatoms. The van der Waals surface area contributed by atoms with E-state index in [0.717, 1.165) is 24.8 Å². The number of rotatable bonds is 9. The minimum Gasteiger partial charge on any atom is -0.484 e. The quantitative estimate of drug-likeness (QED) is 0.443. The Morgan fingerprint density at radius 2 is 1.71 bits per heavy atom. The van der Waals surface area contributed by atoms with Crippen molar-refractivity contribution in [3.8, 4) is 5.75 Å². The number of hydrogen-bond acceptors (Lipinski definition) is 5. The van der Waals surface area contributed by atoms with Crippen LogP contribution in [0.4, 0.5) is 0 Å². The van der Waals surface area contributed by atoms with Crippen molar-refractivity contribution < 1.29 is 23.9 Å². The molecule has 1 aliphatic rings. The Bertz CT molecular complexity index is 780. The van der Waals surface area contributed by atoms with Crippen LogP contribution in [0.2, 0.25) is 0 Å². The molecule has 2 rings (SSSR count). The minimum atomic E-state index is -0.585. The average molecular weight is 431 g/mol. The van der Waals surface area contributed by atoms with Crippen LogP contribution in [0, 0.1) is 0 Å². The fourth-order valence-electron chi connectivity index (χ4n) is 3.82. The van der Waals surface area contributed by atoms with E-state index in [0.29, 0.717) is 24.4 Å². The van der Waals surface area contributed by atoms with Crippen LogP contribution >= 0.6 is 0 Å². The van der Waals surface area contributed by atoms with E-state index < -0.39 is 5.97 Å². The van der Waals surface area contributed by atoms with Crippen LogP contribution in [0.3, 0.4) is 0 Å². The molecule has 0 spiro atoms. The maximum Gasteiger partial charge on any atom is 0.338 e. The third kappa shape index (κ3) is 7.12. The molecule has 1 fully saturated rings. The predicted molar refractivity (Wildman–Crippen MR) is 119 cm³/mol. The summed E-state index contributed by atoms with van der Waals surface area (Å²) in [7, 11) is 0. The zero-order valence-electron chi connectivity index (χ0n) is 19.1. The van der Waals surface area contributed by atoms with Gasteiger partial charge in [-0.25, -0.2) is 4.79 Å². The van der Waals surface area contributed by atoms with E-state index in [1.54, 1.807) is 29.2 Å². The smallest absolute Gasteiger partial charge is 0.338 e. The van der Waals surface area contributed by atoms with Crippen LogP contribution in [0.5, 0.6) is 5.75 Å². The fourth-order valence-corrected chi connectivity index (χ4v) is 3.82. The molecule has 7 nitrogen and oxygen atoms in total. The minimum absolute atomic E-state index is 0.0306. The number of nitrogens with zero attached hydrogens (tertiary/aromatic N) is 2. The van der Waals surface area contributed by atoms with Gasteiger partial charge in [-0.2, -0.15) is 0 Å². The van der Waals surface area contributed by atoms with Gasteiger partial charge in [-0.05, 0) is 71.2 Å². The Morgan fingerprint density at radius 3 is 2.26 bits per heavy atom. The summed E-state index contributed by atoms with van der Waals surface area (Å²) >= 11 is 0. The largest absolute Gasteiger partial charge is 0.484 e. The van der Waals surface area contributed by atoms with E-state index in [1.165, 1.54) is 0 Å². The van der Waals surface area contributed by atoms with Crippen LogP contribution in [-0.4, -0.2) is 66.0 Å². The Hall–Kier alpha value is -2.83. The zero-order chi connectivity index (χ0) is 23.0. The molecule has 0 saturated carbocycles. The lowest BCUT2D eigenvalue weighted by molar-refractivity contribution is -0.139. The first-order valence-corrected chi connectivity index (χ1v) is 10.9. The Labute approximate surface area is 185 Å². The molecular weight excluding hydrogens is 396 g/mol. The Balaban J connectivity index is 1.84. The number of esters is 1. The lowest BCUT2D eigenvalue weighted by atomic mass is 9.97. The summed E-state index contributed by atoms with van der Waals surface area (Å²) in [6, 6.07) is 6.80. The highest BCUT2D eigenvalue weighted by Gasteiger charge is 2.29. The van der Waals surface area contributed by atoms with Gasteiger partial charge in [0.15, 0.2) is 13.2 Å². The molecule has 0 N–H and O–H groups in total. The average Bonchev–Trinajstić information content (AvgIpc) is 2.74. The van der Waals surface area contributed by atoms with Gasteiger partial charge in [0.1, 0.15) is 5.75 Å². The molecule has 0 aromatic heterocycles. The van der Waals surface area contributed by atoms with Crippen molar-refractivity contribution in [2.75, 3.05) is 26.3 Å². The maximum absolute atomic E-state index is 12.5. The molecule has 0 radical (unpaired) electrons. The third-order valence-electron chi connectivity index (χ3n) is 5.46. The highest BCUT2D eigenvalue weighted by molar-refractivity contribution is 5.91. The number of hydrogen-bond donors (Lipinski definition) is 0. The molecule has 31 heavy (non-hydrogen) atoms. The van der Waals surface area contributed by atoms with Gasteiger partial charge in [0.2, 0.25) is 0 Å². The summed E-state index contributed by atoms with van der Waals surface area (Å²) in [6.45, 7) is 12.2. The van der Waals surface area contributed by atoms with Gasteiger partial charge in [0, 0.05) is 25.2 Å². The first kappa shape index (κ1) is 24.4. The number of likely N-dealkylation sites (tertiary alicyclic amines) is 1. The molecule has 1 aliphatic heterocycles. The van der Waals surface area contributed by atoms with Crippen molar-refractivity contribution in [2.24, 2.45) is 0 Å². The first-order chi connectivity index (χ1) is 14.7. The van der Waals surface area contributed by atoms with Gasteiger partial charge in [0.25, 0.3) is 11.8 Å². The number of likely N-dealkylation sites (N-methyl/N-ethyl adjacent to an activating group) is 1. The number of piperidine rings is 1. The summed E-state index contributed by atoms with van der Waals surface area (Å²) in [5.41, 5.74) is 1.17. The van der Waals surface area contributed by atoms with Crippen molar-refractivity contribution in [3.05, 3.63) is 42.0 Å². The second-order valence-corrected chi connectivity index (χ2v) is 8.18. The predicted octanol–water partition coefficient (Wildman–Crippen LogP) is 3.44. The van der Waals surface area contributed by atoms with E-state index in [4.69, 9.17) is 9.47 Å². The van der Waals surface area contributed by atoms with E-state index >= 15 is 0 Å². The van der Waals surface area contributed by atoms with E-state index in [-0.39, 0.29) is 37.1 Å². The van der Waals surface area contributed by atoms with Crippen molar-refractivity contribution in [2.45, 2.75) is 59.0 Å². The molecule has 1 aromatic carbocycles. The lowest BCUT2D eigenvalue weighted by Crippen LogP contribution is -2.49. The van der Waals surface area contributed by atoms with Crippen LogP contribution in [0.25, 0.3) is 0 Å². The van der Waals surface area contributed by atoms with Crippen LogP contribution < -0.4 is 4.74 Å². The molecule has 1 saturated heterocycles. The summed E-state index contributed by atoms with van der Waals surface area (Å²) in [5, 5.41) is 0. The maximum atomic E-state index is 12.5. The topological polar surface area (TPSA) is 76.1 Å². The first-order valence-electron chi connectivity index (χ1n) is 10.9. The van der Waals surface area contributed by atoms with E-state index in [2.05, 4.69) is 20.4 Å². The molecule has 2 unspecified atom stereocenters. The molecule has 0 bridgehead atoms. The van der Waals surface area contributed by atoms with E-state index in [9.17, 15) is 14.4 Å². The Kier molecular flexibility index (Phi) is 9.09. The van der Waals surface area contributed by atoms with Crippen molar-refractivity contribution in [3.63, 3.8) is 0 Å². The SMILES string of the molecule is C=C(C)CN(CC)C(=O)COC(=O)c1ccc(OCC(=O)N2C(C)CCCC2C)cc1. The summed E-state index contributed by atoms with van der Waals surface area (Å²) < 4.78 is 10.8. The van der Waals surface area contributed by atoms with Crippen LogP contribution in [0.15, 0.2) is 36.4 Å². The van der Waals surface area contributed by atoms with Gasteiger partial charge >= 0.3 is 5.97 Å². The summed E-state index contributed by atoms with van der Waals surface area (Å²) in [6.07, 6.45) is 3.16. The van der Waals surface area contributed by atoms with Crippen LogP contribution in [-0.2, 0) is 14.3 Å². The van der Waals surface area contributed by atoms with Crippen LogP contribution in [0.1, 0.15) is 57.3 Å². The second kappa shape index (κ2) is 11.5. The molecular formula is C24H34N2O5. The molecule has 2 amide bonds. The number of ether oxygens (including phenoxy) is 2. The Morgan fingerprint density at radius 1 is 1.10 bits per heavy atom. The molecule has 1 heterocycles. The van der Waals surface area contributed by atoms with Crippen molar-refractivity contribution >= 4 is 17.8 Å². The van der Waals surface area contributed by atoms with Gasteiger partial charge in [0.05, 0.1) is 5.56 Å². The van der Waals surface area contributed by atoms with E-state index in [1.807, 2.05) is 18.7 Å². The highest BCUT2D eigenvalue weighted by Crippen LogP contribution is 2.23. The normalized spacial score (nSPS) is 18.3. The molecule has 0 aliphatic carbocycles. The van der Waals surface area contributed by atoms with Crippen molar-refractivity contribution in [1.29, 1.82) is 0 Å². The van der Waals surface area contributed by atoms with Gasteiger partial charge in [-0.3, -0.25) is 9.59 Å². The summed E-state index contributed by atoms with van der Waals surface area (Å²) in [5.74, 6) is -0.384. The third-order valence-corrected chi connectivity index (χ3v) is 5.46. The molecule has 170 valence electrons. The van der Waals surface area contributed by atoms with Crippen molar-refractivity contribution in [1.82, 2.24) is 9.80 Å². The number of carbonyl (C=O) groups excluding carboxylic acids is 3. The second-order valence-electron chi connectivity index (χ2n) is 8.18. The summed E-state index contributed by atoms with van der Waals surface area (Å²) in [4.78, 5) is 40.4. The standard InChI is InChI=1S/C24H34N2O5/c1-6-25(14-17(2)3)22(27)15-31-24(29)20-10-12-21(13-11-20)30-16-23(28)26-18(4)8-7-9-19(26)5/h10-13,18-19H,2,6-9,14-16H2,1,3-5H3.